The maximum absolute atomic E-state index is 12.3. The van der Waals surface area contributed by atoms with Crippen molar-refractivity contribution in [1.82, 2.24) is 19.2 Å². The van der Waals surface area contributed by atoms with Gasteiger partial charge in [0.25, 0.3) is 0 Å². The Kier molecular flexibility index (Phi) is 6.70. The van der Waals surface area contributed by atoms with Crippen LogP contribution in [0.1, 0.15) is 44.6 Å². The van der Waals surface area contributed by atoms with E-state index in [4.69, 9.17) is 4.74 Å². The van der Waals surface area contributed by atoms with E-state index in [1.165, 1.54) is 6.33 Å². The first-order valence-corrected chi connectivity index (χ1v) is 12.6. The maximum atomic E-state index is 12.3. The molecule has 1 aliphatic heterocycles. The van der Waals surface area contributed by atoms with Gasteiger partial charge in [-0.3, -0.25) is 4.90 Å². The van der Waals surface area contributed by atoms with Crippen molar-refractivity contribution in [3.8, 4) is 11.9 Å². The first-order chi connectivity index (χ1) is 15.0. The minimum Gasteiger partial charge on any atom is -0.474 e. The summed E-state index contributed by atoms with van der Waals surface area (Å²) in [4.78, 5) is 11.0. The molecule has 4 rings (SSSR count). The highest BCUT2D eigenvalue weighted by Crippen LogP contribution is 2.30. The summed E-state index contributed by atoms with van der Waals surface area (Å²) < 4.78 is 32.4. The van der Waals surface area contributed by atoms with Gasteiger partial charge in [0, 0.05) is 32.2 Å². The summed E-state index contributed by atoms with van der Waals surface area (Å²) in [6.07, 6.45) is 6.17. The molecule has 1 aromatic heterocycles. The molecule has 0 amide bonds. The molecule has 9 heteroatoms. The van der Waals surface area contributed by atoms with E-state index in [1.807, 2.05) is 13.0 Å². The number of nitrogens with zero attached hydrogens (tertiary/aromatic N) is 5. The number of ether oxygens (including phenoxy) is 1. The predicted molar refractivity (Wildman–Crippen MR) is 118 cm³/mol. The van der Waals surface area contributed by atoms with Gasteiger partial charge in [0.05, 0.1) is 28.3 Å². The number of aromatic nitrogens is 2. The molecule has 0 spiro atoms. The second kappa shape index (κ2) is 9.47. The Hall–Kier alpha value is -2.28. The quantitative estimate of drug-likeness (QED) is 0.676. The second-order valence-electron chi connectivity index (χ2n) is 8.32. The fourth-order valence-corrected chi connectivity index (χ4v) is 6.11. The highest BCUT2D eigenvalue weighted by molar-refractivity contribution is 7.89. The zero-order chi connectivity index (χ0) is 21.8. The van der Waals surface area contributed by atoms with Crippen molar-refractivity contribution in [2.45, 2.75) is 51.2 Å². The molecular weight excluding hydrogens is 414 g/mol. The molecule has 1 saturated heterocycles. The van der Waals surface area contributed by atoms with E-state index in [0.29, 0.717) is 37.0 Å². The predicted octanol–water partition coefficient (Wildman–Crippen LogP) is 2.55. The topological polar surface area (TPSA) is 99.4 Å². The summed E-state index contributed by atoms with van der Waals surface area (Å²) in [7, 11) is -3.10. The van der Waals surface area contributed by atoms with Crippen LogP contribution >= 0.6 is 0 Å². The van der Waals surface area contributed by atoms with Gasteiger partial charge in [0.15, 0.2) is 0 Å². The van der Waals surface area contributed by atoms with Crippen LogP contribution in [0, 0.1) is 11.3 Å². The lowest BCUT2D eigenvalue weighted by molar-refractivity contribution is 0.0676. The average Bonchev–Trinajstić information content (AvgIpc) is 2.79. The standard InChI is InChI=1S/C22H29N5O3S/c1-2-13-31(28,29)27-11-9-26(10-12-27)18-4-6-19(7-5-18)30-22-20-14-17(15-23)3-8-21(20)24-16-25-22/h3,8,14,16,18-19H,2,4-7,9-13H2,1H3. The van der Waals surface area contributed by atoms with Crippen LogP contribution in [0.4, 0.5) is 0 Å². The van der Waals surface area contributed by atoms with Crippen molar-refractivity contribution >= 4 is 20.9 Å². The summed E-state index contributed by atoms with van der Waals surface area (Å²) in [6.45, 7) is 4.68. The molecule has 0 radical (unpaired) electrons. The van der Waals surface area contributed by atoms with Gasteiger partial charge in [-0.15, -0.1) is 0 Å². The van der Waals surface area contributed by atoms with E-state index in [9.17, 15) is 13.7 Å². The lowest BCUT2D eigenvalue weighted by atomic mass is 9.91. The lowest BCUT2D eigenvalue weighted by Gasteiger charge is -2.41. The Bertz CT molecular complexity index is 1050. The Morgan fingerprint density at radius 2 is 1.87 bits per heavy atom. The third kappa shape index (κ3) is 4.97. The van der Waals surface area contributed by atoms with Crippen molar-refractivity contribution in [1.29, 1.82) is 5.26 Å². The van der Waals surface area contributed by atoms with Gasteiger partial charge in [-0.25, -0.2) is 18.4 Å². The van der Waals surface area contributed by atoms with Crippen LogP contribution in [-0.4, -0.2) is 71.7 Å². The second-order valence-corrected chi connectivity index (χ2v) is 10.4. The average molecular weight is 444 g/mol. The first-order valence-electron chi connectivity index (χ1n) is 11.0. The molecule has 1 aromatic carbocycles. The zero-order valence-electron chi connectivity index (χ0n) is 17.9. The molecular formula is C22H29N5O3S. The number of hydrogen-bond donors (Lipinski definition) is 0. The third-order valence-electron chi connectivity index (χ3n) is 6.29. The summed E-state index contributed by atoms with van der Waals surface area (Å²) in [5.41, 5.74) is 1.34. The van der Waals surface area contributed by atoms with Gasteiger partial charge in [0.1, 0.15) is 12.4 Å². The molecule has 0 bridgehead atoms. The molecule has 0 atom stereocenters. The van der Waals surface area contributed by atoms with Crippen LogP contribution in [0.2, 0.25) is 0 Å². The molecule has 0 N–H and O–H groups in total. The van der Waals surface area contributed by atoms with Crippen molar-refractivity contribution in [3.63, 3.8) is 0 Å². The van der Waals surface area contributed by atoms with Gasteiger partial charge in [-0.2, -0.15) is 9.57 Å². The highest BCUT2D eigenvalue weighted by Gasteiger charge is 2.32. The van der Waals surface area contributed by atoms with Gasteiger partial charge in [-0.05, 0) is 50.3 Å². The first kappa shape index (κ1) is 21.9. The molecule has 1 aliphatic carbocycles. The Morgan fingerprint density at radius 3 is 2.55 bits per heavy atom. The molecule has 2 aliphatic rings. The third-order valence-corrected chi connectivity index (χ3v) is 8.37. The minimum atomic E-state index is -3.10. The van der Waals surface area contributed by atoms with Gasteiger partial charge in [0.2, 0.25) is 15.9 Å². The number of rotatable bonds is 6. The normalized spacial score (nSPS) is 23.5. The summed E-state index contributed by atoms with van der Waals surface area (Å²) in [5, 5.41) is 9.95. The number of hydrogen-bond acceptors (Lipinski definition) is 7. The Morgan fingerprint density at radius 1 is 1.13 bits per heavy atom. The minimum absolute atomic E-state index is 0.0892. The van der Waals surface area contributed by atoms with Crippen LogP contribution in [-0.2, 0) is 10.0 Å². The maximum Gasteiger partial charge on any atom is 0.224 e. The van der Waals surface area contributed by atoms with E-state index in [-0.39, 0.29) is 11.9 Å². The zero-order valence-corrected chi connectivity index (χ0v) is 18.7. The van der Waals surface area contributed by atoms with E-state index in [1.54, 1.807) is 16.4 Å². The van der Waals surface area contributed by atoms with Crippen LogP contribution in [0.25, 0.3) is 10.9 Å². The molecule has 2 fully saturated rings. The number of benzene rings is 1. The van der Waals surface area contributed by atoms with Crippen LogP contribution < -0.4 is 4.74 Å². The number of sulfonamides is 1. The van der Waals surface area contributed by atoms with Gasteiger partial charge >= 0.3 is 0 Å². The van der Waals surface area contributed by atoms with Gasteiger partial charge < -0.3 is 4.74 Å². The van der Waals surface area contributed by atoms with E-state index in [0.717, 1.165) is 49.7 Å². The molecule has 2 aromatic rings. The van der Waals surface area contributed by atoms with Crippen molar-refractivity contribution in [3.05, 3.63) is 30.1 Å². The molecule has 8 nitrogen and oxygen atoms in total. The summed E-state index contributed by atoms with van der Waals surface area (Å²) in [5.74, 6) is 0.781. The Balaban J connectivity index is 1.32. The summed E-state index contributed by atoms with van der Waals surface area (Å²) in [6, 6.07) is 7.98. The van der Waals surface area contributed by atoms with E-state index >= 15 is 0 Å². The van der Waals surface area contributed by atoms with Crippen molar-refractivity contribution in [2.24, 2.45) is 0 Å². The Labute approximate surface area is 183 Å². The van der Waals surface area contributed by atoms with Crippen LogP contribution in [0.3, 0.4) is 0 Å². The van der Waals surface area contributed by atoms with E-state index in [2.05, 4.69) is 20.9 Å². The largest absolute Gasteiger partial charge is 0.474 e. The number of nitriles is 1. The molecule has 166 valence electrons. The fourth-order valence-electron chi connectivity index (χ4n) is 4.62. The van der Waals surface area contributed by atoms with Crippen LogP contribution in [0.5, 0.6) is 5.88 Å². The van der Waals surface area contributed by atoms with E-state index < -0.39 is 10.0 Å². The smallest absolute Gasteiger partial charge is 0.224 e. The van der Waals surface area contributed by atoms with Crippen LogP contribution in [0.15, 0.2) is 24.5 Å². The van der Waals surface area contributed by atoms with Gasteiger partial charge in [-0.1, -0.05) is 6.92 Å². The molecule has 31 heavy (non-hydrogen) atoms. The molecule has 1 saturated carbocycles. The SMILES string of the molecule is CCCS(=O)(=O)N1CCN(C2CCC(Oc3ncnc4ccc(C#N)cc34)CC2)CC1. The lowest BCUT2D eigenvalue weighted by Crippen LogP contribution is -2.53. The molecule has 2 heterocycles. The monoisotopic (exact) mass is 443 g/mol. The van der Waals surface area contributed by atoms with Crippen molar-refractivity contribution in [2.75, 3.05) is 31.9 Å². The van der Waals surface area contributed by atoms with Crippen molar-refractivity contribution < 1.29 is 13.2 Å². The highest BCUT2D eigenvalue weighted by atomic mass is 32.2. The summed E-state index contributed by atoms with van der Waals surface area (Å²) >= 11 is 0. The number of piperazine rings is 1. The molecule has 0 unspecified atom stereocenters. The fraction of sp³-hybridized carbons (Fsp3) is 0.591. The number of fused-ring (bicyclic) bond motifs is 1.